The summed E-state index contributed by atoms with van der Waals surface area (Å²) in [6, 6.07) is 2.35. The van der Waals surface area contributed by atoms with Crippen LogP contribution in [0, 0.1) is 18.6 Å². The Kier molecular flexibility index (Phi) is 1.57. The molecule has 1 rings (SSSR count). The number of hydrogen-bond donors (Lipinski definition) is 1. The second-order valence-corrected chi connectivity index (χ2v) is 2.13. The number of aryl methyl sites for hydroxylation is 1. The predicted molar refractivity (Wildman–Crippen MR) is 35.5 cm³/mol. The standard InChI is InChI=1S/C7H7F2N/c1-4-2-5(10)3-6(8)7(4)9/h2-3H,10H2,1H3. The highest BCUT2D eigenvalue weighted by Crippen LogP contribution is 2.14. The molecule has 0 aliphatic rings. The molecule has 0 saturated heterocycles. The monoisotopic (exact) mass is 143 g/mol. The van der Waals surface area contributed by atoms with E-state index in [1.54, 1.807) is 0 Å². The van der Waals surface area contributed by atoms with Crippen LogP contribution in [0.4, 0.5) is 14.5 Å². The van der Waals surface area contributed by atoms with E-state index in [1.807, 2.05) is 0 Å². The van der Waals surface area contributed by atoms with Crippen LogP contribution in [0.15, 0.2) is 12.1 Å². The van der Waals surface area contributed by atoms with Gasteiger partial charge in [-0.1, -0.05) is 0 Å². The molecule has 1 aromatic carbocycles. The minimum atomic E-state index is -0.891. The Hall–Kier alpha value is -1.12. The molecule has 10 heavy (non-hydrogen) atoms. The Morgan fingerprint density at radius 1 is 1.30 bits per heavy atom. The fraction of sp³-hybridized carbons (Fsp3) is 0.143. The summed E-state index contributed by atoms with van der Waals surface area (Å²) < 4.78 is 24.9. The SMILES string of the molecule is Cc1cc(N)cc(F)c1F. The van der Waals surface area contributed by atoms with Crippen LogP contribution in [0.2, 0.25) is 0 Å². The Morgan fingerprint density at radius 2 is 1.90 bits per heavy atom. The fourth-order valence-corrected chi connectivity index (χ4v) is 0.753. The van der Waals surface area contributed by atoms with Gasteiger partial charge < -0.3 is 5.73 Å². The highest BCUT2D eigenvalue weighted by Gasteiger charge is 2.04. The lowest BCUT2D eigenvalue weighted by molar-refractivity contribution is 0.504. The highest BCUT2D eigenvalue weighted by atomic mass is 19.2. The van der Waals surface area contributed by atoms with Crippen LogP contribution < -0.4 is 5.73 Å². The van der Waals surface area contributed by atoms with E-state index in [1.165, 1.54) is 13.0 Å². The van der Waals surface area contributed by atoms with E-state index in [9.17, 15) is 8.78 Å². The van der Waals surface area contributed by atoms with Gasteiger partial charge in [-0.2, -0.15) is 0 Å². The predicted octanol–water partition coefficient (Wildman–Crippen LogP) is 1.86. The first-order valence-electron chi connectivity index (χ1n) is 2.82. The summed E-state index contributed by atoms with van der Waals surface area (Å²) in [6.45, 7) is 1.47. The maximum absolute atomic E-state index is 12.5. The maximum atomic E-state index is 12.5. The second-order valence-electron chi connectivity index (χ2n) is 2.13. The molecule has 0 radical (unpaired) electrons. The molecule has 0 heterocycles. The van der Waals surface area contributed by atoms with Crippen LogP contribution in [-0.2, 0) is 0 Å². The Labute approximate surface area is 57.5 Å². The number of hydrogen-bond acceptors (Lipinski definition) is 1. The summed E-state index contributed by atoms with van der Waals surface area (Å²) in [4.78, 5) is 0. The van der Waals surface area contributed by atoms with E-state index >= 15 is 0 Å². The third kappa shape index (κ3) is 1.07. The van der Waals surface area contributed by atoms with Crippen molar-refractivity contribution in [3.8, 4) is 0 Å². The number of halogens is 2. The number of anilines is 1. The zero-order valence-electron chi connectivity index (χ0n) is 5.49. The first-order valence-corrected chi connectivity index (χ1v) is 2.82. The van der Waals surface area contributed by atoms with Gasteiger partial charge in [-0.05, 0) is 24.6 Å². The lowest BCUT2D eigenvalue weighted by Crippen LogP contribution is -1.92. The van der Waals surface area contributed by atoms with Gasteiger partial charge in [0, 0.05) is 5.69 Å². The highest BCUT2D eigenvalue weighted by molar-refractivity contribution is 5.41. The molecular formula is C7H7F2N. The smallest absolute Gasteiger partial charge is 0.161 e. The van der Waals surface area contributed by atoms with E-state index in [4.69, 9.17) is 5.73 Å². The van der Waals surface area contributed by atoms with Crippen molar-refractivity contribution < 1.29 is 8.78 Å². The van der Waals surface area contributed by atoms with Gasteiger partial charge in [-0.3, -0.25) is 0 Å². The molecule has 3 heteroatoms. The summed E-state index contributed by atoms with van der Waals surface area (Å²) in [5.74, 6) is -1.72. The molecule has 0 atom stereocenters. The van der Waals surface area contributed by atoms with Crippen molar-refractivity contribution in [2.45, 2.75) is 6.92 Å². The molecule has 54 valence electrons. The van der Waals surface area contributed by atoms with Gasteiger partial charge in [0.15, 0.2) is 11.6 Å². The lowest BCUT2D eigenvalue weighted by Gasteiger charge is -1.98. The van der Waals surface area contributed by atoms with Gasteiger partial charge in [-0.25, -0.2) is 8.78 Å². The van der Waals surface area contributed by atoms with Crippen LogP contribution in [0.3, 0.4) is 0 Å². The third-order valence-electron chi connectivity index (χ3n) is 1.23. The van der Waals surface area contributed by atoms with Gasteiger partial charge in [0.05, 0.1) is 0 Å². The van der Waals surface area contributed by atoms with Gasteiger partial charge in [0.1, 0.15) is 0 Å². The van der Waals surface area contributed by atoms with Crippen molar-refractivity contribution in [1.29, 1.82) is 0 Å². The maximum Gasteiger partial charge on any atom is 0.161 e. The van der Waals surface area contributed by atoms with Gasteiger partial charge in [-0.15, -0.1) is 0 Å². The quantitative estimate of drug-likeness (QED) is 0.551. The van der Waals surface area contributed by atoms with Crippen molar-refractivity contribution in [2.24, 2.45) is 0 Å². The van der Waals surface area contributed by atoms with Crippen LogP contribution in [0.1, 0.15) is 5.56 Å². The Balaban J connectivity index is 3.31. The number of rotatable bonds is 0. The lowest BCUT2D eigenvalue weighted by atomic mass is 10.2. The molecule has 0 bridgehead atoms. The number of benzene rings is 1. The topological polar surface area (TPSA) is 26.0 Å². The average molecular weight is 143 g/mol. The van der Waals surface area contributed by atoms with Crippen molar-refractivity contribution >= 4 is 5.69 Å². The van der Waals surface area contributed by atoms with Crippen molar-refractivity contribution in [3.63, 3.8) is 0 Å². The van der Waals surface area contributed by atoms with Gasteiger partial charge in [0.25, 0.3) is 0 Å². The Morgan fingerprint density at radius 3 is 2.40 bits per heavy atom. The minimum absolute atomic E-state index is 0.234. The summed E-state index contributed by atoms with van der Waals surface area (Å²) in [6.07, 6.45) is 0. The fourth-order valence-electron chi connectivity index (χ4n) is 0.753. The van der Waals surface area contributed by atoms with Crippen molar-refractivity contribution in [1.82, 2.24) is 0 Å². The first-order chi connectivity index (χ1) is 4.61. The van der Waals surface area contributed by atoms with Crippen LogP contribution in [0.5, 0.6) is 0 Å². The minimum Gasteiger partial charge on any atom is -0.399 e. The largest absolute Gasteiger partial charge is 0.399 e. The molecule has 0 aromatic heterocycles. The van der Waals surface area contributed by atoms with E-state index in [-0.39, 0.29) is 11.3 Å². The van der Waals surface area contributed by atoms with Gasteiger partial charge in [0.2, 0.25) is 0 Å². The van der Waals surface area contributed by atoms with E-state index in [0.29, 0.717) is 0 Å². The average Bonchev–Trinajstić information content (AvgIpc) is 1.82. The third-order valence-corrected chi connectivity index (χ3v) is 1.23. The molecule has 0 spiro atoms. The second kappa shape index (κ2) is 2.25. The molecule has 0 aliphatic carbocycles. The first kappa shape index (κ1) is 6.99. The summed E-state index contributed by atoms with van der Waals surface area (Å²) in [7, 11) is 0. The summed E-state index contributed by atoms with van der Waals surface area (Å²) in [5, 5.41) is 0. The Bertz CT molecular complexity index is 235. The van der Waals surface area contributed by atoms with Crippen molar-refractivity contribution in [3.05, 3.63) is 29.3 Å². The van der Waals surface area contributed by atoms with Gasteiger partial charge >= 0.3 is 0 Å². The number of nitrogen functional groups attached to an aromatic ring is 1. The molecule has 0 fully saturated rings. The molecule has 2 N–H and O–H groups in total. The zero-order chi connectivity index (χ0) is 7.72. The molecular weight excluding hydrogens is 136 g/mol. The van der Waals surface area contributed by atoms with Crippen LogP contribution >= 0.6 is 0 Å². The summed E-state index contributed by atoms with van der Waals surface area (Å²) in [5.41, 5.74) is 5.70. The van der Waals surface area contributed by atoms with E-state index in [2.05, 4.69) is 0 Å². The van der Waals surface area contributed by atoms with Crippen molar-refractivity contribution in [2.75, 3.05) is 5.73 Å². The zero-order valence-corrected chi connectivity index (χ0v) is 5.49. The number of nitrogens with two attached hydrogens (primary N) is 1. The molecule has 0 aliphatic heterocycles. The molecule has 0 saturated carbocycles. The molecule has 1 aromatic rings. The summed E-state index contributed by atoms with van der Waals surface area (Å²) >= 11 is 0. The normalized spacial score (nSPS) is 9.90. The van der Waals surface area contributed by atoms with Crippen LogP contribution in [0.25, 0.3) is 0 Å². The van der Waals surface area contributed by atoms with E-state index < -0.39 is 11.6 Å². The molecule has 1 nitrogen and oxygen atoms in total. The molecule has 0 amide bonds. The van der Waals surface area contributed by atoms with E-state index in [0.717, 1.165) is 6.07 Å². The molecule has 0 unspecified atom stereocenters. The van der Waals surface area contributed by atoms with Crippen LogP contribution in [-0.4, -0.2) is 0 Å².